The second-order valence-corrected chi connectivity index (χ2v) is 11.4. The number of rotatable bonds is 9. The summed E-state index contributed by atoms with van der Waals surface area (Å²) in [6.45, 7) is 5.33. The molecular formula is C25H30ClN5O5S. The summed E-state index contributed by atoms with van der Waals surface area (Å²) < 4.78 is 38.4. The van der Waals surface area contributed by atoms with Crippen molar-refractivity contribution in [3.05, 3.63) is 53.4 Å². The standard InChI is InChI=1S/C25H30ClN5O5S/c1-16(2)30-37(33,34)20-7-8-22(35-3)21(14-20)27-25(32)17-9-11-31(12-10-17)15-23-28-24(29-36-23)18-5-4-6-19(26)13-18/h4-8,13-14,16-17,30H,9-12,15H2,1-3H3,(H,27,32). The monoisotopic (exact) mass is 547 g/mol. The van der Waals surface area contributed by atoms with E-state index < -0.39 is 10.0 Å². The van der Waals surface area contributed by atoms with Crippen LogP contribution in [0, 0.1) is 5.92 Å². The smallest absolute Gasteiger partial charge is 0.241 e. The molecule has 2 aromatic carbocycles. The van der Waals surface area contributed by atoms with Crippen LogP contribution in [0.3, 0.4) is 0 Å². The van der Waals surface area contributed by atoms with Crippen molar-refractivity contribution < 1.29 is 22.5 Å². The largest absolute Gasteiger partial charge is 0.495 e. The van der Waals surface area contributed by atoms with Crippen LogP contribution in [-0.2, 0) is 21.4 Å². The predicted octanol–water partition coefficient (Wildman–Crippen LogP) is 3.94. The van der Waals surface area contributed by atoms with E-state index in [4.69, 9.17) is 20.9 Å². The number of halogens is 1. The van der Waals surface area contributed by atoms with Crippen LogP contribution in [0.15, 0.2) is 51.9 Å². The summed E-state index contributed by atoms with van der Waals surface area (Å²) in [5.41, 5.74) is 1.10. The summed E-state index contributed by atoms with van der Waals surface area (Å²) >= 11 is 6.05. The van der Waals surface area contributed by atoms with Gasteiger partial charge in [-0.1, -0.05) is 28.9 Å². The molecule has 2 heterocycles. The van der Waals surface area contributed by atoms with Crippen LogP contribution in [-0.4, -0.2) is 55.6 Å². The molecule has 0 bridgehead atoms. The zero-order valence-corrected chi connectivity index (χ0v) is 22.5. The van der Waals surface area contributed by atoms with E-state index in [9.17, 15) is 13.2 Å². The van der Waals surface area contributed by atoms with Crippen molar-refractivity contribution in [2.45, 2.75) is 44.2 Å². The second kappa shape index (κ2) is 11.6. The van der Waals surface area contributed by atoms with Crippen LogP contribution in [0.1, 0.15) is 32.6 Å². The number of likely N-dealkylation sites (tertiary alicyclic amines) is 1. The summed E-state index contributed by atoms with van der Waals surface area (Å²) in [5.74, 6) is 0.968. The van der Waals surface area contributed by atoms with Crippen LogP contribution in [0.2, 0.25) is 5.02 Å². The number of nitrogens with one attached hydrogen (secondary N) is 2. The lowest BCUT2D eigenvalue weighted by atomic mass is 9.96. The first-order chi connectivity index (χ1) is 17.6. The summed E-state index contributed by atoms with van der Waals surface area (Å²) in [5, 5.41) is 7.51. The van der Waals surface area contributed by atoms with Gasteiger partial charge in [-0.3, -0.25) is 9.69 Å². The maximum absolute atomic E-state index is 13.0. The molecule has 0 atom stereocenters. The maximum Gasteiger partial charge on any atom is 0.241 e. The Bertz CT molecular complexity index is 1350. The molecule has 37 heavy (non-hydrogen) atoms. The van der Waals surface area contributed by atoms with Gasteiger partial charge in [-0.2, -0.15) is 4.98 Å². The SMILES string of the molecule is COc1ccc(S(=O)(=O)NC(C)C)cc1NC(=O)C1CCN(Cc2nc(-c3cccc(Cl)c3)no2)CC1. The quantitative estimate of drug-likeness (QED) is 0.412. The van der Waals surface area contributed by atoms with Gasteiger partial charge in [0.15, 0.2) is 0 Å². The van der Waals surface area contributed by atoms with E-state index in [1.807, 2.05) is 12.1 Å². The Labute approximate surface area is 221 Å². The van der Waals surface area contributed by atoms with Gasteiger partial charge in [-0.05, 0) is 70.1 Å². The molecule has 0 radical (unpaired) electrons. The van der Waals surface area contributed by atoms with Gasteiger partial charge in [-0.25, -0.2) is 13.1 Å². The first kappa shape index (κ1) is 27.1. The van der Waals surface area contributed by atoms with Gasteiger partial charge in [0.25, 0.3) is 0 Å². The average molecular weight is 548 g/mol. The number of carbonyl (C=O) groups excluding carboxylic acids is 1. The highest BCUT2D eigenvalue weighted by Crippen LogP contribution is 2.29. The number of nitrogens with zero attached hydrogens (tertiary/aromatic N) is 3. The fourth-order valence-corrected chi connectivity index (χ4v) is 5.64. The van der Waals surface area contributed by atoms with Gasteiger partial charge in [0.2, 0.25) is 27.6 Å². The molecule has 1 aromatic heterocycles. The number of aromatic nitrogens is 2. The number of piperidine rings is 1. The lowest BCUT2D eigenvalue weighted by Crippen LogP contribution is -2.38. The minimum absolute atomic E-state index is 0.0591. The molecule has 1 aliphatic heterocycles. The number of anilines is 1. The van der Waals surface area contributed by atoms with E-state index in [0.29, 0.717) is 60.7 Å². The third-order valence-corrected chi connectivity index (χ3v) is 7.89. The second-order valence-electron chi connectivity index (χ2n) is 9.20. The Kier molecular flexibility index (Phi) is 8.48. The van der Waals surface area contributed by atoms with Crippen molar-refractivity contribution in [2.24, 2.45) is 5.92 Å². The van der Waals surface area contributed by atoms with Crippen LogP contribution < -0.4 is 14.8 Å². The van der Waals surface area contributed by atoms with Crippen molar-refractivity contribution in [1.82, 2.24) is 19.8 Å². The number of amides is 1. The number of methoxy groups -OCH3 is 1. The molecule has 12 heteroatoms. The van der Waals surface area contributed by atoms with Gasteiger partial charge >= 0.3 is 0 Å². The maximum atomic E-state index is 13.0. The van der Waals surface area contributed by atoms with E-state index in [-0.39, 0.29) is 22.8 Å². The average Bonchev–Trinajstić information content (AvgIpc) is 3.32. The van der Waals surface area contributed by atoms with Gasteiger partial charge in [0.05, 0.1) is 24.2 Å². The highest BCUT2D eigenvalue weighted by molar-refractivity contribution is 7.89. The topological polar surface area (TPSA) is 127 Å². The lowest BCUT2D eigenvalue weighted by molar-refractivity contribution is -0.121. The molecule has 0 saturated carbocycles. The van der Waals surface area contributed by atoms with E-state index in [1.54, 1.807) is 26.0 Å². The minimum atomic E-state index is -3.71. The van der Waals surface area contributed by atoms with E-state index in [0.717, 1.165) is 5.56 Å². The predicted molar refractivity (Wildman–Crippen MR) is 140 cm³/mol. The summed E-state index contributed by atoms with van der Waals surface area (Å²) in [6, 6.07) is 11.4. The molecule has 10 nitrogen and oxygen atoms in total. The third-order valence-electron chi connectivity index (χ3n) is 6.00. The molecule has 1 amide bonds. The Morgan fingerprint density at radius 1 is 1.22 bits per heavy atom. The van der Waals surface area contributed by atoms with Crippen molar-refractivity contribution in [3.8, 4) is 17.1 Å². The molecule has 1 saturated heterocycles. The fourth-order valence-electron chi connectivity index (χ4n) is 4.17. The number of ether oxygens (including phenoxy) is 1. The Morgan fingerprint density at radius 3 is 2.65 bits per heavy atom. The van der Waals surface area contributed by atoms with Gasteiger partial charge in [0.1, 0.15) is 5.75 Å². The zero-order chi connectivity index (χ0) is 26.6. The fraction of sp³-hybridized carbons (Fsp3) is 0.400. The van der Waals surface area contributed by atoms with E-state index in [1.165, 1.54) is 25.3 Å². The van der Waals surface area contributed by atoms with Crippen LogP contribution >= 0.6 is 11.6 Å². The number of carbonyl (C=O) groups is 1. The van der Waals surface area contributed by atoms with Crippen molar-refractivity contribution >= 4 is 33.2 Å². The minimum Gasteiger partial charge on any atom is -0.495 e. The van der Waals surface area contributed by atoms with Gasteiger partial charge in [0, 0.05) is 22.5 Å². The molecule has 4 rings (SSSR count). The highest BCUT2D eigenvalue weighted by atomic mass is 35.5. The first-order valence-corrected chi connectivity index (χ1v) is 13.8. The van der Waals surface area contributed by atoms with Crippen molar-refractivity contribution in [3.63, 3.8) is 0 Å². The van der Waals surface area contributed by atoms with Crippen LogP contribution in [0.5, 0.6) is 5.75 Å². The Morgan fingerprint density at radius 2 is 1.97 bits per heavy atom. The number of hydrogen-bond acceptors (Lipinski definition) is 8. The molecule has 0 spiro atoms. The van der Waals surface area contributed by atoms with Gasteiger partial charge < -0.3 is 14.6 Å². The molecule has 0 aliphatic carbocycles. The lowest BCUT2D eigenvalue weighted by Gasteiger charge is -2.30. The first-order valence-electron chi connectivity index (χ1n) is 12.0. The normalized spacial score (nSPS) is 15.2. The molecule has 1 fully saturated rings. The Hall–Kier alpha value is -2.99. The van der Waals surface area contributed by atoms with Crippen molar-refractivity contribution in [2.75, 3.05) is 25.5 Å². The molecular weight excluding hydrogens is 518 g/mol. The number of sulfonamides is 1. The summed E-state index contributed by atoms with van der Waals surface area (Å²) in [4.78, 5) is 19.7. The summed E-state index contributed by atoms with van der Waals surface area (Å²) in [6.07, 6.45) is 1.27. The molecule has 2 N–H and O–H groups in total. The summed E-state index contributed by atoms with van der Waals surface area (Å²) in [7, 11) is -2.24. The molecule has 0 unspecified atom stereocenters. The molecule has 1 aliphatic rings. The van der Waals surface area contributed by atoms with Crippen LogP contribution in [0.4, 0.5) is 5.69 Å². The van der Waals surface area contributed by atoms with Gasteiger partial charge in [-0.15, -0.1) is 0 Å². The number of benzene rings is 2. The number of hydrogen-bond donors (Lipinski definition) is 2. The van der Waals surface area contributed by atoms with Crippen LogP contribution in [0.25, 0.3) is 11.4 Å². The Balaban J connectivity index is 1.35. The molecule has 198 valence electrons. The highest BCUT2D eigenvalue weighted by Gasteiger charge is 2.27. The molecule has 3 aromatic rings. The van der Waals surface area contributed by atoms with E-state index in [2.05, 4.69) is 25.1 Å². The third kappa shape index (κ3) is 6.86. The zero-order valence-electron chi connectivity index (χ0n) is 20.9. The van der Waals surface area contributed by atoms with E-state index >= 15 is 0 Å². The van der Waals surface area contributed by atoms with Crippen molar-refractivity contribution in [1.29, 1.82) is 0 Å².